The fourth-order valence-corrected chi connectivity index (χ4v) is 2.90. The van der Waals surface area contributed by atoms with Crippen molar-refractivity contribution in [2.24, 2.45) is 0 Å². The van der Waals surface area contributed by atoms with Crippen molar-refractivity contribution in [1.82, 2.24) is 0 Å². The van der Waals surface area contributed by atoms with E-state index in [9.17, 15) is 8.78 Å². The van der Waals surface area contributed by atoms with Gasteiger partial charge in [-0.3, -0.25) is 4.39 Å². The molecule has 0 aliphatic heterocycles. The third-order valence-corrected chi connectivity index (χ3v) is 6.07. The van der Waals surface area contributed by atoms with Crippen molar-refractivity contribution in [2.75, 3.05) is 6.67 Å². The minimum Gasteiger partial charge on any atom is -0.251 e. The van der Waals surface area contributed by atoms with Crippen LogP contribution in [0.2, 0.25) is 0 Å². The van der Waals surface area contributed by atoms with Gasteiger partial charge < -0.3 is 0 Å². The highest BCUT2D eigenvalue weighted by atomic mass is 79.9. The lowest BCUT2D eigenvalue weighted by molar-refractivity contribution is 0.432. The van der Waals surface area contributed by atoms with Crippen LogP contribution in [0.1, 0.15) is 32.1 Å². The fourth-order valence-electron chi connectivity index (χ4n) is 1.29. The maximum atomic E-state index is 12.9. The largest absolute Gasteiger partial charge is 0.251 e. The quantitative estimate of drug-likeness (QED) is 0.348. The van der Waals surface area contributed by atoms with E-state index in [1.165, 1.54) is 0 Å². The Morgan fingerprint density at radius 1 is 1.00 bits per heavy atom. The van der Waals surface area contributed by atoms with Crippen LogP contribution in [0.5, 0.6) is 0 Å². The average molecular weight is 405 g/mol. The molecule has 98 valence electrons. The van der Waals surface area contributed by atoms with Crippen molar-refractivity contribution in [3.8, 4) is 0 Å². The van der Waals surface area contributed by atoms with Crippen LogP contribution < -0.4 is 0 Å². The molecule has 16 heavy (non-hydrogen) atoms. The summed E-state index contributed by atoms with van der Waals surface area (Å²) >= 11 is 18.0. The minimum atomic E-state index is -1.21. The van der Waals surface area contributed by atoms with Crippen molar-refractivity contribution >= 4 is 55.1 Å². The van der Waals surface area contributed by atoms with E-state index in [0.717, 1.165) is 25.7 Å². The molecule has 0 aromatic heterocycles. The van der Waals surface area contributed by atoms with E-state index >= 15 is 0 Å². The molecular formula is C10H16Br2Cl2F2. The van der Waals surface area contributed by atoms with E-state index in [-0.39, 0.29) is 12.1 Å². The molecule has 0 saturated heterocycles. The third kappa shape index (κ3) is 7.67. The molecule has 6 heteroatoms. The zero-order valence-corrected chi connectivity index (χ0v) is 13.5. The van der Waals surface area contributed by atoms with Crippen LogP contribution in [-0.2, 0) is 0 Å². The van der Waals surface area contributed by atoms with Crippen molar-refractivity contribution in [1.29, 1.82) is 0 Å². The Bertz CT molecular complexity index is 173. The van der Waals surface area contributed by atoms with Gasteiger partial charge >= 0.3 is 0 Å². The molecule has 0 amide bonds. The van der Waals surface area contributed by atoms with Crippen molar-refractivity contribution < 1.29 is 8.78 Å². The summed E-state index contributed by atoms with van der Waals surface area (Å²) in [6, 6.07) is 0. The lowest BCUT2D eigenvalue weighted by Gasteiger charge is -2.21. The van der Waals surface area contributed by atoms with Gasteiger partial charge in [-0.2, -0.15) is 0 Å². The van der Waals surface area contributed by atoms with E-state index in [1.807, 2.05) is 0 Å². The SMILES string of the molecule is FCCCCCCC(Cl)C(Cl)C(Br)C(F)Br. The van der Waals surface area contributed by atoms with Crippen LogP contribution in [0, 0.1) is 0 Å². The van der Waals surface area contributed by atoms with Gasteiger partial charge in [-0.15, -0.1) is 23.2 Å². The van der Waals surface area contributed by atoms with Crippen molar-refractivity contribution in [2.45, 2.75) is 52.8 Å². The van der Waals surface area contributed by atoms with Gasteiger partial charge in [0, 0.05) is 0 Å². The summed E-state index contributed by atoms with van der Waals surface area (Å²) in [5, 5.41) is -1.94. The first-order chi connectivity index (χ1) is 7.50. The molecule has 0 nitrogen and oxygen atoms in total. The van der Waals surface area contributed by atoms with Crippen LogP contribution in [-0.4, -0.2) is 27.3 Å². The molecule has 0 aromatic rings. The van der Waals surface area contributed by atoms with E-state index in [2.05, 4.69) is 31.9 Å². The second-order valence-corrected chi connectivity index (χ2v) is 6.63. The van der Waals surface area contributed by atoms with Crippen LogP contribution in [0.3, 0.4) is 0 Å². The van der Waals surface area contributed by atoms with E-state index in [4.69, 9.17) is 23.2 Å². The van der Waals surface area contributed by atoms with Crippen LogP contribution in [0.4, 0.5) is 8.78 Å². The topological polar surface area (TPSA) is 0 Å². The number of rotatable bonds is 9. The first-order valence-electron chi connectivity index (χ1n) is 5.27. The molecule has 4 atom stereocenters. The van der Waals surface area contributed by atoms with Crippen LogP contribution in [0.25, 0.3) is 0 Å². The lowest BCUT2D eigenvalue weighted by Crippen LogP contribution is -2.29. The van der Waals surface area contributed by atoms with Gasteiger partial charge in [0.05, 0.1) is 22.3 Å². The summed E-state index contributed by atoms with van der Waals surface area (Å²) in [6.45, 7) is -0.265. The Kier molecular flexibility index (Phi) is 11.2. The summed E-state index contributed by atoms with van der Waals surface area (Å²) < 4.78 is 24.7. The van der Waals surface area contributed by atoms with Gasteiger partial charge in [0.1, 0.15) is 0 Å². The number of hydrogen-bond acceptors (Lipinski definition) is 0. The van der Waals surface area contributed by atoms with Gasteiger partial charge in [-0.25, -0.2) is 4.39 Å². The average Bonchev–Trinajstić information content (AvgIpc) is 2.26. The van der Waals surface area contributed by atoms with Crippen LogP contribution in [0.15, 0.2) is 0 Å². The smallest absolute Gasteiger partial charge is 0.168 e. The van der Waals surface area contributed by atoms with Gasteiger partial charge in [0.25, 0.3) is 0 Å². The summed E-state index contributed by atoms with van der Waals surface area (Å²) in [6.07, 6.45) is 4.04. The molecule has 0 aromatic carbocycles. The van der Waals surface area contributed by atoms with Gasteiger partial charge in [0.2, 0.25) is 0 Å². The standard InChI is InChI=1S/C10H16Br2Cl2F2/c11-8(10(12)16)9(14)7(13)5-3-1-2-4-6-15/h7-10H,1-6H2. The summed E-state index contributed by atoms with van der Waals surface area (Å²) in [5.74, 6) is 0. The van der Waals surface area contributed by atoms with Crippen molar-refractivity contribution in [3.63, 3.8) is 0 Å². The first kappa shape index (κ1) is 17.4. The number of halogens is 6. The second-order valence-electron chi connectivity index (χ2n) is 3.63. The molecule has 0 aliphatic rings. The Balaban J connectivity index is 3.66. The molecule has 0 bridgehead atoms. The maximum absolute atomic E-state index is 12.9. The zero-order chi connectivity index (χ0) is 12.6. The predicted octanol–water partition coefficient (Wildman–Crippen LogP) is 5.58. The molecule has 0 heterocycles. The minimum absolute atomic E-state index is 0.265. The van der Waals surface area contributed by atoms with E-state index in [1.54, 1.807) is 0 Å². The molecule has 0 N–H and O–H groups in total. The molecule has 0 fully saturated rings. The van der Waals surface area contributed by atoms with Gasteiger partial charge in [-0.05, 0) is 12.8 Å². The summed E-state index contributed by atoms with van der Waals surface area (Å²) in [7, 11) is 0. The lowest BCUT2D eigenvalue weighted by atomic mass is 10.1. The van der Waals surface area contributed by atoms with E-state index < -0.39 is 15.3 Å². The summed E-state index contributed by atoms with van der Waals surface area (Å²) in [4.78, 5) is -0.498. The number of hydrogen-bond donors (Lipinski definition) is 0. The van der Waals surface area contributed by atoms with E-state index in [0.29, 0.717) is 6.42 Å². The number of unbranched alkanes of at least 4 members (excludes halogenated alkanes) is 3. The third-order valence-electron chi connectivity index (χ3n) is 2.25. The Labute approximate surface area is 123 Å². The predicted molar refractivity (Wildman–Crippen MR) is 74.9 cm³/mol. The van der Waals surface area contributed by atoms with Gasteiger partial charge in [0.15, 0.2) is 5.08 Å². The second kappa shape index (κ2) is 10.3. The normalized spacial score (nSPS) is 19.1. The molecule has 0 saturated carbocycles. The molecule has 0 radical (unpaired) electrons. The van der Waals surface area contributed by atoms with Crippen molar-refractivity contribution in [3.05, 3.63) is 0 Å². The Morgan fingerprint density at radius 2 is 1.56 bits per heavy atom. The highest BCUT2D eigenvalue weighted by Gasteiger charge is 2.29. The highest BCUT2D eigenvalue weighted by Crippen LogP contribution is 2.29. The summed E-state index contributed by atoms with van der Waals surface area (Å²) in [5.41, 5.74) is 0. The molecule has 0 spiro atoms. The highest BCUT2D eigenvalue weighted by molar-refractivity contribution is 9.12. The monoisotopic (exact) mass is 402 g/mol. The Hall–Kier alpha value is 1.40. The Morgan fingerprint density at radius 3 is 2.06 bits per heavy atom. The van der Waals surface area contributed by atoms with Gasteiger partial charge in [-0.1, -0.05) is 51.1 Å². The first-order valence-corrected chi connectivity index (χ1v) is 7.97. The maximum Gasteiger partial charge on any atom is 0.168 e. The zero-order valence-electron chi connectivity index (χ0n) is 8.82. The number of alkyl halides is 6. The van der Waals surface area contributed by atoms with Crippen LogP contribution >= 0.6 is 55.1 Å². The molecular weight excluding hydrogens is 389 g/mol. The molecule has 0 aliphatic carbocycles. The molecule has 4 unspecified atom stereocenters. The molecule has 0 rings (SSSR count). The fraction of sp³-hybridized carbons (Fsp3) is 1.00.